The van der Waals surface area contributed by atoms with Gasteiger partial charge in [-0.3, -0.25) is 9.69 Å². The number of sulfone groups is 1. The Morgan fingerprint density at radius 1 is 0.870 bits per heavy atom. The molecule has 0 bridgehead atoms. The second-order valence-electron chi connectivity index (χ2n) is 7.70. The number of carbonyl (C=O) groups is 1. The molecule has 5 nitrogen and oxygen atoms in total. The Morgan fingerprint density at radius 3 is 2.00 bits per heavy atom. The van der Waals surface area contributed by atoms with Gasteiger partial charge in [-0.15, -0.1) is 0 Å². The number of hydrogen-bond donors (Lipinski definition) is 0. The quantitative estimate of drug-likeness (QED) is 0.764. The summed E-state index contributed by atoms with van der Waals surface area (Å²) >= 11 is 0. The molecule has 1 amide bonds. The molecule has 2 saturated heterocycles. The first-order valence-electron chi connectivity index (χ1n) is 9.18. The highest BCUT2D eigenvalue weighted by molar-refractivity contribution is 7.91. The lowest BCUT2D eigenvalue weighted by atomic mass is 9.82. The SMILES string of the molecule is CC1CCC(C(=O)N2CCN(C3CCS(=O)(=O)CC3)CC2)CC1. The number of carbonyl (C=O) groups excluding carboxylic acids is 1. The summed E-state index contributed by atoms with van der Waals surface area (Å²) in [7, 11) is -2.79. The minimum atomic E-state index is -2.79. The standard InChI is InChI=1S/C17H30N2O3S/c1-14-2-4-15(5-3-14)17(20)19-10-8-18(9-11-19)16-6-12-23(21,22)13-7-16/h14-16H,2-13H2,1H3. The number of piperazine rings is 1. The molecule has 0 aromatic heterocycles. The van der Waals surface area contributed by atoms with E-state index in [1.807, 2.05) is 0 Å². The zero-order chi connectivity index (χ0) is 16.4. The average Bonchev–Trinajstić information content (AvgIpc) is 2.55. The molecule has 3 rings (SSSR count). The topological polar surface area (TPSA) is 57.7 Å². The number of hydrogen-bond acceptors (Lipinski definition) is 4. The van der Waals surface area contributed by atoms with E-state index in [4.69, 9.17) is 0 Å². The van der Waals surface area contributed by atoms with Crippen molar-refractivity contribution >= 4 is 15.7 Å². The molecule has 0 spiro atoms. The Hall–Kier alpha value is -0.620. The smallest absolute Gasteiger partial charge is 0.225 e. The third-order valence-corrected chi connectivity index (χ3v) is 7.75. The molecule has 0 atom stereocenters. The summed E-state index contributed by atoms with van der Waals surface area (Å²) in [6.45, 7) is 5.71. The van der Waals surface area contributed by atoms with Crippen molar-refractivity contribution in [1.29, 1.82) is 0 Å². The van der Waals surface area contributed by atoms with E-state index in [2.05, 4.69) is 16.7 Å². The van der Waals surface area contributed by atoms with Gasteiger partial charge in [-0.25, -0.2) is 8.42 Å². The molecule has 1 aliphatic carbocycles. The van der Waals surface area contributed by atoms with Crippen LogP contribution in [0.1, 0.15) is 45.4 Å². The minimum Gasteiger partial charge on any atom is -0.340 e. The van der Waals surface area contributed by atoms with Crippen LogP contribution < -0.4 is 0 Å². The van der Waals surface area contributed by atoms with Crippen LogP contribution in [0.15, 0.2) is 0 Å². The predicted octanol–water partition coefficient (Wildman–Crippen LogP) is 1.53. The molecule has 23 heavy (non-hydrogen) atoms. The molecule has 3 fully saturated rings. The molecule has 0 aromatic carbocycles. The second-order valence-corrected chi connectivity index (χ2v) is 10.0. The maximum absolute atomic E-state index is 12.7. The van der Waals surface area contributed by atoms with Crippen LogP contribution >= 0.6 is 0 Å². The molecule has 1 saturated carbocycles. The fraction of sp³-hybridized carbons (Fsp3) is 0.941. The molecule has 0 N–H and O–H groups in total. The van der Waals surface area contributed by atoms with Gasteiger partial charge in [0.05, 0.1) is 11.5 Å². The summed E-state index contributed by atoms with van der Waals surface area (Å²) < 4.78 is 23.1. The Kier molecular flexibility index (Phi) is 5.31. The number of rotatable bonds is 2. The van der Waals surface area contributed by atoms with E-state index in [0.717, 1.165) is 57.8 Å². The summed E-state index contributed by atoms with van der Waals surface area (Å²) in [4.78, 5) is 17.1. The van der Waals surface area contributed by atoms with E-state index < -0.39 is 9.84 Å². The van der Waals surface area contributed by atoms with Gasteiger partial charge in [0.2, 0.25) is 5.91 Å². The van der Waals surface area contributed by atoms with Crippen molar-refractivity contribution in [2.75, 3.05) is 37.7 Å². The van der Waals surface area contributed by atoms with Crippen molar-refractivity contribution in [2.45, 2.75) is 51.5 Å². The van der Waals surface area contributed by atoms with Crippen LogP contribution in [-0.4, -0.2) is 67.9 Å². The molecule has 0 unspecified atom stereocenters. The van der Waals surface area contributed by atoms with E-state index in [1.54, 1.807) is 0 Å². The van der Waals surface area contributed by atoms with E-state index in [1.165, 1.54) is 12.8 Å². The summed E-state index contributed by atoms with van der Waals surface area (Å²) in [6, 6.07) is 0.395. The van der Waals surface area contributed by atoms with Crippen molar-refractivity contribution in [3.63, 3.8) is 0 Å². The summed E-state index contributed by atoms with van der Waals surface area (Å²) in [6.07, 6.45) is 6.01. The lowest BCUT2D eigenvalue weighted by Crippen LogP contribution is -2.54. The van der Waals surface area contributed by atoms with Crippen LogP contribution in [0.4, 0.5) is 0 Å². The number of nitrogens with zero attached hydrogens (tertiary/aromatic N) is 2. The minimum absolute atomic E-state index is 0.248. The van der Waals surface area contributed by atoms with Gasteiger partial charge >= 0.3 is 0 Å². The first-order chi connectivity index (χ1) is 10.9. The van der Waals surface area contributed by atoms with Crippen molar-refractivity contribution in [2.24, 2.45) is 11.8 Å². The van der Waals surface area contributed by atoms with Gasteiger partial charge in [0.1, 0.15) is 9.84 Å². The lowest BCUT2D eigenvalue weighted by Gasteiger charge is -2.42. The molecular formula is C17H30N2O3S. The highest BCUT2D eigenvalue weighted by Gasteiger charge is 2.33. The summed E-state index contributed by atoms with van der Waals surface area (Å²) in [5, 5.41) is 0. The van der Waals surface area contributed by atoms with Gasteiger partial charge in [-0.05, 0) is 44.4 Å². The normalized spacial score (nSPS) is 33.5. The largest absolute Gasteiger partial charge is 0.340 e. The molecular weight excluding hydrogens is 312 g/mol. The van der Waals surface area contributed by atoms with Gasteiger partial charge in [-0.2, -0.15) is 0 Å². The van der Waals surface area contributed by atoms with Crippen molar-refractivity contribution in [3.8, 4) is 0 Å². The van der Waals surface area contributed by atoms with Crippen LogP contribution in [0.5, 0.6) is 0 Å². The van der Waals surface area contributed by atoms with Crippen molar-refractivity contribution < 1.29 is 13.2 Å². The molecule has 2 aliphatic heterocycles. The number of amides is 1. The van der Waals surface area contributed by atoms with Crippen molar-refractivity contribution in [1.82, 2.24) is 9.80 Å². The second kappa shape index (κ2) is 7.09. The highest BCUT2D eigenvalue weighted by Crippen LogP contribution is 2.30. The van der Waals surface area contributed by atoms with E-state index in [-0.39, 0.29) is 5.92 Å². The van der Waals surface area contributed by atoms with Gasteiger partial charge in [-0.1, -0.05) is 6.92 Å². The monoisotopic (exact) mass is 342 g/mol. The third-order valence-electron chi connectivity index (χ3n) is 6.03. The molecule has 0 radical (unpaired) electrons. The first-order valence-corrected chi connectivity index (χ1v) is 11.0. The fourth-order valence-electron chi connectivity index (χ4n) is 4.32. The molecule has 6 heteroatoms. The Labute approximate surface area is 140 Å². The zero-order valence-electron chi connectivity index (χ0n) is 14.2. The first kappa shape index (κ1) is 17.2. The van der Waals surface area contributed by atoms with Crippen LogP contribution in [0.2, 0.25) is 0 Å². The van der Waals surface area contributed by atoms with Crippen LogP contribution in [0.25, 0.3) is 0 Å². The lowest BCUT2D eigenvalue weighted by molar-refractivity contribution is -0.139. The highest BCUT2D eigenvalue weighted by atomic mass is 32.2. The zero-order valence-corrected chi connectivity index (χ0v) is 15.1. The maximum atomic E-state index is 12.7. The van der Waals surface area contributed by atoms with E-state index in [9.17, 15) is 13.2 Å². The van der Waals surface area contributed by atoms with Crippen LogP contribution in [0, 0.1) is 11.8 Å². The maximum Gasteiger partial charge on any atom is 0.225 e. The Bertz CT molecular complexity index is 504. The van der Waals surface area contributed by atoms with Gasteiger partial charge in [0.25, 0.3) is 0 Å². The molecule has 0 aromatic rings. The van der Waals surface area contributed by atoms with E-state index in [0.29, 0.717) is 23.5 Å². The molecule has 132 valence electrons. The predicted molar refractivity (Wildman–Crippen MR) is 91.0 cm³/mol. The Balaban J connectivity index is 1.46. The summed E-state index contributed by atoms with van der Waals surface area (Å²) in [5.41, 5.74) is 0. The van der Waals surface area contributed by atoms with Crippen molar-refractivity contribution in [3.05, 3.63) is 0 Å². The third kappa shape index (κ3) is 4.27. The average molecular weight is 343 g/mol. The Morgan fingerprint density at radius 2 is 1.43 bits per heavy atom. The van der Waals surface area contributed by atoms with Gasteiger partial charge < -0.3 is 4.90 Å². The van der Waals surface area contributed by atoms with Gasteiger partial charge in [0.15, 0.2) is 0 Å². The molecule has 2 heterocycles. The molecule has 3 aliphatic rings. The fourth-order valence-corrected chi connectivity index (χ4v) is 5.78. The van der Waals surface area contributed by atoms with Crippen LogP contribution in [0.3, 0.4) is 0 Å². The van der Waals surface area contributed by atoms with Crippen LogP contribution in [-0.2, 0) is 14.6 Å². The van der Waals surface area contributed by atoms with E-state index >= 15 is 0 Å². The summed E-state index contributed by atoms with van der Waals surface area (Å²) in [5.74, 6) is 2.05. The van der Waals surface area contributed by atoms with Gasteiger partial charge in [0, 0.05) is 38.1 Å².